The summed E-state index contributed by atoms with van der Waals surface area (Å²) in [5, 5.41) is 36.9. The Bertz CT molecular complexity index is 173. The molecule has 2 aliphatic rings. The van der Waals surface area contributed by atoms with E-state index in [1.807, 2.05) is 0 Å². The first kappa shape index (κ1) is 9.36. The summed E-state index contributed by atoms with van der Waals surface area (Å²) in [5.74, 6) is -0.512. The van der Waals surface area contributed by atoms with Crippen molar-refractivity contribution in [3.63, 3.8) is 0 Å². The molecule has 76 valence electrons. The van der Waals surface area contributed by atoms with Gasteiger partial charge in [0, 0.05) is 25.0 Å². The minimum atomic E-state index is -0.926. The number of ether oxygens (including phenoxy) is 1. The molecule has 0 aromatic rings. The summed E-state index contributed by atoms with van der Waals surface area (Å²) in [6.07, 6.45) is -2.90. The van der Waals surface area contributed by atoms with Gasteiger partial charge < -0.3 is 25.2 Å². The van der Waals surface area contributed by atoms with Gasteiger partial charge in [-0.25, -0.2) is 0 Å². The van der Waals surface area contributed by atoms with E-state index in [0.29, 0.717) is 0 Å². The van der Waals surface area contributed by atoms with E-state index in [0.717, 1.165) is 0 Å². The lowest BCUT2D eigenvalue weighted by molar-refractivity contribution is -0.0412. The van der Waals surface area contributed by atoms with E-state index in [9.17, 15) is 10.2 Å². The lowest BCUT2D eigenvalue weighted by Gasteiger charge is -2.31. The first-order valence-electron chi connectivity index (χ1n) is 4.44. The molecule has 4 N–H and O–H groups in total. The van der Waals surface area contributed by atoms with Crippen molar-refractivity contribution < 1.29 is 25.2 Å². The van der Waals surface area contributed by atoms with E-state index in [-0.39, 0.29) is 25.0 Å². The zero-order valence-corrected chi connectivity index (χ0v) is 7.08. The largest absolute Gasteiger partial charge is 0.396 e. The molecule has 0 amide bonds. The van der Waals surface area contributed by atoms with Gasteiger partial charge in [-0.3, -0.25) is 0 Å². The lowest BCUT2D eigenvalue weighted by Crippen LogP contribution is -2.48. The monoisotopic (exact) mass is 190 g/mol. The summed E-state index contributed by atoms with van der Waals surface area (Å²) in [7, 11) is 0. The van der Waals surface area contributed by atoms with Crippen molar-refractivity contribution in [1.29, 1.82) is 0 Å². The quantitative estimate of drug-likeness (QED) is 0.393. The Morgan fingerprint density at radius 1 is 0.846 bits per heavy atom. The summed E-state index contributed by atoms with van der Waals surface area (Å²) in [6.45, 7) is -0.258. The topological polar surface area (TPSA) is 90.2 Å². The average Bonchev–Trinajstić information content (AvgIpc) is 2.63. The van der Waals surface area contributed by atoms with E-state index >= 15 is 0 Å². The maximum Gasteiger partial charge on any atom is 0.109 e. The van der Waals surface area contributed by atoms with Gasteiger partial charge in [0.25, 0.3) is 0 Å². The second-order valence-corrected chi connectivity index (χ2v) is 3.74. The van der Waals surface area contributed by atoms with Crippen LogP contribution in [0.4, 0.5) is 0 Å². The minimum absolute atomic E-state index is 0.129. The first-order valence-corrected chi connectivity index (χ1v) is 4.44. The number of aliphatic hydroxyl groups excluding tert-OH is 4. The van der Waals surface area contributed by atoms with Crippen LogP contribution in [0.2, 0.25) is 0 Å². The van der Waals surface area contributed by atoms with Gasteiger partial charge >= 0.3 is 0 Å². The second kappa shape index (κ2) is 3.18. The average molecular weight is 190 g/mol. The van der Waals surface area contributed by atoms with Gasteiger partial charge in [0.05, 0.1) is 12.2 Å². The molecule has 13 heavy (non-hydrogen) atoms. The fourth-order valence-corrected chi connectivity index (χ4v) is 2.41. The normalized spacial score (nSPS) is 54.5. The predicted octanol–water partition coefficient (Wildman–Crippen LogP) is -2.29. The van der Waals surface area contributed by atoms with Crippen LogP contribution in [0.3, 0.4) is 0 Å². The molecule has 2 rings (SSSR count). The molecule has 5 nitrogen and oxygen atoms in total. The summed E-state index contributed by atoms with van der Waals surface area (Å²) in [6, 6.07) is 0. The number of fused-ring (bicyclic) bond motifs is 2. The standard InChI is InChI=1S/C8H14O5/c9-1-3-4(2-10)8-6(12)5(11)7(3)13-8/h3-12H,1-2H2. The summed E-state index contributed by atoms with van der Waals surface area (Å²) < 4.78 is 5.28. The van der Waals surface area contributed by atoms with Gasteiger partial charge in [-0.2, -0.15) is 0 Å². The molecule has 0 aromatic carbocycles. The maximum absolute atomic E-state index is 9.43. The van der Waals surface area contributed by atoms with Crippen LogP contribution in [0.1, 0.15) is 0 Å². The fraction of sp³-hybridized carbons (Fsp3) is 1.00. The molecular weight excluding hydrogens is 176 g/mol. The first-order chi connectivity index (χ1) is 6.20. The van der Waals surface area contributed by atoms with Gasteiger partial charge in [0.1, 0.15) is 12.2 Å². The zero-order valence-electron chi connectivity index (χ0n) is 7.08. The number of rotatable bonds is 2. The smallest absolute Gasteiger partial charge is 0.109 e. The van der Waals surface area contributed by atoms with Crippen LogP contribution in [0.15, 0.2) is 0 Å². The van der Waals surface area contributed by atoms with Gasteiger partial charge in [-0.15, -0.1) is 0 Å². The van der Waals surface area contributed by atoms with E-state index in [1.54, 1.807) is 0 Å². The molecule has 2 saturated heterocycles. The summed E-state index contributed by atoms with van der Waals surface area (Å²) >= 11 is 0. The number of hydrogen-bond donors (Lipinski definition) is 4. The summed E-state index contributed by atoms with van der Waals surface area (Å²) in [4.78, 5) is 0. The van der Waals surface area contributed by atoms with E-state index in [1.165, 1.54) is 0 Å². The van der Waals surface area contributed by atoms with Crippen LogP contribution in [-0.4, -0.2) is 58.1 Å². The van der Waals surface area contributed by atoms with Crippen LogP contribution in [0.5, 0.6) is 0 Å². The van der Waals surface area contributed by atoms with Gasteiger partial charge in [-0.05, 0) is 0 Å². The molecule has 0 spiro atoms. The van der Waals surface area contributed by atoms with Gasteiger partial charge in [0.15, 0.2) is 0 Å². The van der Waals surface area contributed by atoms with Crippen LogP contribution >= 0.6 is 0 Å². The zero-order chi connectivity index (χ0) is 9.59. The van der Waals surface area contributed by atoms with Crippen molar-refractivity contribution in [2.24, 2.45) is 11.8 Å². The Balaban J connectivity index is 2.17. The molecule has 2 fully saturated rings. The predicted molar refractivity (Wildman–Crippen MR) is 41.8 cm³/mol. The van der Waals surface area contributed by atoms with Crippen molar-refractivity contribution in [2.75, 3.05) is 13.2 Å². The third-order valence-electron chi connectivity index (χ3n) is 3.15. The molecule has 0 saturated carbocycles. The number of hydrogen-bond acceptors (Lipinski definition) is 5. The number of aliphatic hydroxyl groups is 4. The Hall–Kier alpha value is -0.200. The Morgan fingerprint density at radius 3 is 1.54 bits per heavy atom. The molecule has 0 radical (unpaired) electrons. The summed E-state index contributed by atoms with van der Waals surface area (Å²) in [5.41, 5.74) is 0. The molecule has 0 aliphatic carbocycles. The molecule has 6 unspecified atom stereocenters. The van der Waals surface area contributed by atoms with Gasteiger partial charge in [-0.1, -0.05) is 0 Å². The molecule has 6 atom stereocenters. The van der Waals surface area contributed by atoms with Crippen LogP contribution in [0.25, 0.3) is 0 Å². The van der Waals surface area contributed by atoms with Crippen molar-refractivity contribution in [2.45, 2.75) is 24.4 Å². The maximum atomic E-state index is 9.43. The van der Waals surface area contributed by atoms with Crippen LogP contribution < -0.4 is 0 Å². The van der Waals surface area contributed by atoms with E-state index in [4.69, 9.17) is 14.9 Å². The highest BCUT2D eigenvalue weighted by molar-refractivity contribution is 5.05. The Morgan fingerprint density at radius 2 is 1.23 bits per heavy atom. The highest BCUT2D eigenvalue weighted by Gasteiger charge is 2.58. The second-order valence-electron chi connectivity index (χ2n) is 3.74. The van der Waals surface area contributed by atoms with Crippen LogP contribution in [0, 0.1) is 11.8 Å². The highest BCUT2D eigenvalue weighted by Crippen LogP contribution is 2.43. The minimum Gasteiger partial charge on any atom is -0.396 e. The Labute approximate surface area is 75.6 Å². The fourth-order valence-electron chi connectivity index (χ4n) is 2.41. The lowest BCUT2D eigenvalue weighted by atomic mass is 9.77. The van der Waals surface area contributed by atoms with E-state index in [2.05, 4.69) is 0 Å². The molecule has 0 aromatic heterocycles. The van der Waals surface area contributed by atoms with Crippen molar-refractivity contribution in [3.05, 3.63) is 0 Å². The van der Waals surface area contributed by atoms with Crippen molar-refractivity contribution in [3.8, 4) is 0 Å². The van der Waals surface area contributed by atoms with Crippen molar-refractivity contribution in [1.82, 2.24) is 0 Å². The third-order valence-corrected chi connectivity index (χ3v) is 3.15. The highest BCUT2D eigenvalue weighted by atomic mass is 16.6. The van der Waals surface area contributed by atoms with Gasteiger partial charge in [0.2, 0.25) is 0 Å². The van der Waals surface area contributed by atoms with E-state index < -0.39 is 24.4 Å². The third kappa shape index (κ3) is 1.12. The SMILES string of the molecule is OCC1C(CO)C2OC1C(O)C2O. The molecule has 2 bridgehead atoms. The molecule has 2 heterocycles. The Kier molecular flexibility index (Phi) is 2.29. The van der Waals surface area contributed by atoms with Crippen LogP contribution in [-0.2, 0) is 4.74 Å². The molecule has 5 heteroatoms. The van der Waals surface area contributed by atoms with Crippen molar-refractivity contribution >= 4 is 0 Å². The molecular formula is C8H14O5. The molecule has 2 aliphatic heterocycles.